The van der Waals surface area contributed by atoms with Crippen LogP contribution in [0.4, 0.5) is 0 Å². The predicted octanol–water partition coefficient (Wildman–Crippen LogP) is 6.18. The van der Waals surface area contributed by atoms with E-state index in [1.807, 2.05) is 0 Å². The normalized spacial score (nSPS) is 13.4. The monoisotopic (exact) mass is 385 g/mol. The van der Waals surface area contributed by atoms with Gasteiger partial charge in [-0.3, -0.25) is 0 Å². The first-order chi connectivity index (χ1) is 9.96. The highest BCUT2D eigenvalue weighted by Crippen LogP contribution is 2.43. The summed E-state index contributed by atoms with van der Waals surface area (Å²) < 4.78 is 1.01. The van der Waals surface area contributed by atoms with Gasteiger partial charge < -0.3 is 5.32 Å². The molecule has 1 N–H and O–H groups in total. The van der Waals surface area contributed by atoms with Crippen molar-refractivity contribution in [1.29, 1.82) is 0 Å². The maximum Gasteiger partial charge on any atom is 0.0888 e. The van der Waals surface area contributed by atoms with Crippen LogP contribution in [0.2, 0.25) is 5.02 Å². The van der Waals surface area contributed by atoms with E-state index < -0.39 is 0 Å². The first kappa shape index (κ1) is 17.0. The Morgan fingerprint density at radius 3 is 2.48 bits per heavy atom. The number of thiophene rings is 1. The van der Waals surface area contributed by atoms with Crippen LogP contribution in [-0.2, 0) is 5.41 Å². The molecule has 0 aliphatic carbocycles. The summed E-state index contributed by atoms with van der Waals surface area (Å²) in [5, 5.41) is 4.49. The van der Waals surface area contributed by atoms with Crippen molar-refractivity contribution in [3.63, 3.8) is 0 Å². The molecular weight excluding hydrogens is 366 g/mol. The molecule has 0 aliphatic heterocycles. The quantitative estimate of drug-likeness (QED) is 0.624. The van der Waals surface area contributed by atoms with Gasteiger partial charge in [-0.1, -0.05) is 62.7 Å². The van der Waals surface area contributed by atoms with E-state index in [2.05, 4.69) is 78.4 Å². The second-order valence-corrected chi connectivity index (χ2v) is 8.55. The van der Waals surface area contributed by atoms with Crippen LogP contribution in [0.3, 0.4) is 0 Å². The lowest BCUT2D eigenvalue weighted by atomic mass is 9.77. The van der Waals surface area contributed by atoms with Crippen LogP contribution >= 0.6 is 38.9 Å². The number of hydrogen-bond donors (Lipinski definition) is 1. The Morgan fingerprint density at radius 1 is 1.29 bits per heavy atom. The molecule has 0 radical (unpaired) electrons. The highest BCUT2D eigenvalue weighted by molar-refractivity contribution is 9.11. The molecule has 0 bridgehead atoms. The minimum absolute atomic E-state index is 0.00987. The first-order valence-corrected chi connectivity index (χ1v) is 9.19. The molecule has 1 nitrogen and oxygen atoms in total. The summed E-state index contributed by atoms with van der Waals surface area (Å²) in [4.78, 5) is 1.27. The van der Waals surface area contributed by atoms with Crippen LogP contribution in [0.25, 0.3) is 0 Å². The fourth-order valence-electron chi connectivity index (χ4n) is 2.54. The zero-order valence-corrected chi connectivity index (χ0v) is 15.8. The largest absolute Gasteiger partial charge is 0.309 e. The maximum atomic E-state index is 6.24. The smallest absolute Gasteiger partial charge is 0.0888 e. The lowest BCUT2D eigenvalue weighted by Crippen LogP contribution is -2.37. The number of nitrogens with one attached hydrogen (secondary N) is 1. The summed E-state index contributed by atoms with van der Waals surface area (Å²) in [7, 11) is 0. The number of benzene rings is 1. The highest BCUT2D eigenvalue weighted by Gasteiger charge is 2.33. The molecule has 0 amide bonds. The number of halogens is 2. The SMILES string of the molecule is CCCNC(c1cc(Cl)c(Br)s1)C(C)(C)c1ccccc1. The van der Waals surface area contributed by atoms with Crippen LogP contribution in [-0.4, -0.2) is 6.54 Å². The number of rotatable bonds is 6. The molecule has 2 aromatic rings. The van der Waals surface area contributed by atoms with Crippen molar-refractivity contribution in [2.75, 3.05) is 6.54 Å². The molecule has 114 valence electrons. The van der Waals surface area contributed by atoms with Crippen molar-refractivity contribution in [2.45, 2.75) is 38.6 Å². The molecule has 4 heteroatoms. The third-order valence-corrected chi connectivity index (χ3v) is 6.33. The molecule has 0 saturated carbocycles. The summed E-state index contributed by atoms with van der Waals surface area (Å²) in [5.74, 6) is 0. The Bertz CT molecular complexity index is 560. The van der Waals surface area contributed by atoms with E-state index in [9.17, 15) is 0 Å². The highest BCUT2D eigenvalue weighted by atomic mass is 79.9. The summed E-state index contributed by atoms with van der Waals surface area (Å²) in [6.07, 6.45) is 1.11. The first-order valence-electron chi connectivity index (χ1n) is 7.20. The molecule has 2 rings (SSSR count). The standard InChI is InChI=1S/C17H21BrClNS/c1-4-10-20-15(14-11-13(19)16(18)21-14)17(2,3)12-8-6-5-7-9-12/h5-9,11,15,20H,4,10H2,1-3H3. The van der Waals surface area contributed by atoms with Crippen LogP contribution in [0.5, 0.6) is 0 Å². The second kappa shape index (κ2) is 7.28. The van der Waals surface area contributed by atoms with Gasteiger partial charge >= 0.3 is 0 Å². The van der Waals surface area contributed by atoms with E-state index in [1.54, 1.807) is 11.3 Å². The van der Waals surface area contributed by atoms with E-state index in [-0.39, 0.29) is 11.5 Å². The summed E-state index contributed by atoms with van der Waals surface area (Å²) in [5.41, 5.74) is 1.32. The van der Waals surface area contributed by atoms with Gasteiger partial charge in [0.1, 0.15) is 0 Å². The van der Waals surface area contributed by atoms with Crippen molar-refractivity contribution >= 4 is 38.9 Å². The van der Waals surface area contributed by atoms with Gasteiger partial charge in [0.2, 0.25) is 0 Å². The molecule has 21 heavy (non-hydrogen) atoms. The molecule has 1 aromatic carbocycles. The second-order valence-electron chi connectivity index (χ2n) is 5.75. The van der Waals surface area contributed by atoms with E-state index >= 15 is 0 Å². The maximum absolute atomic E-state index is 6.24. The van der Waals surface area contributed by atoms with E-state index in [1.165, 1.54) is 10.4 Å². The van der Waals surface area contributed by atoms with Crippen LogP contribution in [0, 0.1) is 0 Å². The molecule has 1 aromatic heterocycles. The number of hydrogen-bond acceptors (Lipinski definition) is 2. The van der Waals surface area contributed by atoms with Crippen molar-refractivity contribution in [1.82, 2.24) is 5.32 Å². The van der Waals surface area contributed by atoms with E-state index in [4.69, 9.17) is 11.6 Å². The molecule has 0 aliphatic rings. The lowest BCUT2D eigenvalue weighted by Gasteiger charge is -2.35. The molecule has 0 fully saturated rings. The third-order valence-electron chi connectivity index (χ3n) is 3.79. The van der Waals surface area contributed by atoms with E-state index in [0.717, 1.165) is 21.8 Å². The molecule has 0 spiro atoms. The Hall–Kier alpha value is -0.350. The zero-order valence-electron chi connectivity index (χ0n) is 12.6. The average Bonchev–Trinajstić information content (AvgIpc) is 2.79. The summed E-state index contributed by atoms with van der Waals surface area (Å²) in [6, 6.07) is 13.0. The van der Waals surface area contributed by atoms with E-state index in [0.29, 0.717) is 0 Å². The summed E-state index contributed by atoms with van der Waals surface area (Å²) in [6.45, 7) is 7.76. The van der Waals surface area contributed by atoms with Crippen molar-refractivity contribution < 1.29 is 0 Å². The van der Waals surface area contributed by atoms with Gasteiger partial charge in [-0.15, -0.1) is 11.3 Å². The fourth-order valence-corrected chi connectivity index (χ4v) is 4.55. The molecule has 0 saturated heterocycles. The average molecular weight is 387 g/mol. The van der Waals surface area contributed by atoms with Crippen LogP contribution in [0.1, 0.15) is 43.7 Å². The minimum Gasteiger partial charge on any atom is -0.309 e. The predicted molar refractivity (Wildman–Crippen MR) is 97.5 cm³/mol. The molecule has 1 heterocycles. The molecular formula is C17H21BrClNS. The summed E-state index contributed by atoms with van der Waals surface area (Å²) >= 11 is 11.5. The zero-order chi connectivity index (χ0) is 15.5. The Labute approximate surface area is 144 Å². The van der Waals surface area contributed by atoms with Gasteiger partial charge in [0, 0.05) is 10.3 Å². The van der Waals surface area contributed by atoms with Gasteiger partial charge in [-0.25, -0.2) is 0 Å². The third kappa shape index (κ3) is 3.89. The molecule has 1 unspecified atom stereocenters. The van der Waals surface area contributed by atoms with Crippen LogP contribution < -0.4 is 5.32 Å². The van der Waals surface area contributed by atoms with Gasteiger partial charge in [0.25, 0.3) is 0 Å². The van der Waals surface area contributed by atoms with Gasteiger partial charge in [0.05, 0.1) is 14.9 Å². The van der Waals surface area contributed by atoms with Crippen molar-refractivity contribution in [3.05, 3.63) is 55.6 Å². The lowest BCUT2D eigenvalue weighted by molar-refractivity contribution is 0.353. The topological polar surface area (TPSA) is 12.0 Å². The molecule has 1 atom stereocenters. The van der Waals surface area contributed by atoms with Crippen LogP contribution in [0.15, 0.2) is 40.2 Å². The fraction of sp³-hybridized carbons (Fsp3) is 0.412. The van der Waals surface area contributed by atoms with Gasteiger partial charge in [-0.2, -0.15) is 0 Å². The van der Waals surface area contributed by atoms with Crippen molar-refractivity contribution in [3.8, 4) is 0 Å². The van der Waals surface area contributed by atoms with Gasteiger partial charge in [0.15, 0.2) is 0 Å². The Kier molecular flexibility index (Phi) is 5.89. The minimum atomic E-state index is -0.00987. The van der Waals surface area contributed by atoms with Crippen molar-refractivity contribution in [2.24, 2.45) is 0 Å². The Balaban J connectivity index is 2.39. The van der Waals surface area contributed by atoms with Gasteiger partial charge in [-0.05, 0) is 40.5 Å². The Morgan fingerprint density at radius 2 is 1.95 bits per heavy atom.